The first kappa shape index (κ1) is 16.0. The number of piperidine rings is 1. The zero-order chi connectivity index (χ0) is 15.6. The van der Waals surface area contributed by atoms with E-state index in [1.807, 2.05) is 0 Å². The van der Waals surface area contributed by atoms with E-state index in [2.05, 4.69) is 29.2 Å². The zero-order valence-corrected chi connectivity index (χ0v) is 13.8. The van der Waals surface area contributed by atoms with Crippen molar-refractivity contribution in [2.45, 2.75) is 56.2 Å². The molecule has 0 amide bonds. The molecule has 122 valence electrons. The molecule has 1 saturated heterocycles. The summed E-state index contributed by atoms with van der Waals surface area (Å²) in [5.74, 6) is 0.730. The molecule has 0 radical (unpaired) electrons. The smallest absolute Gasteiger partial charge is 0.269 e. The van der Waals surface area contributed by atoms with E-state index in [0.717, 1.165) is 25.4 Å². The van der Waals surface area contributed by atoms with Gasteiger partial charge in [0.25, 0.3) is 10.1 Å². The first-order valence-corrected chi connectivity index (χ1v) is 9.80. The SMILES string of the molecule is O=S(=O)(O)C1CCCN(Cc2ccc(C3CCCC3)cc2)C1. The third-order valence-corrected chi connectivity index (χ3v) is 6.32. The molecule has 1 aromatic rings. The molecule has 1 N–H and O–H groups in total. The molecule has 1 heterocycles. The summed E-state index contributed by atoms with van der Waals surface area (Å²) in [4.78, 5) is 2.13. The number of likely N-dealkylation sites (tertiary alicyclic amines) is 1. The molecule has 2 aliphatic rings. The Kier molecular flexibility index (Phi) is 4.85. The number of hydrogen-bond acceptors (Lipinski definition) is 3. The van der Waals surface area contributed by atoms with Crippen molar-refractivity contribution in [3.8, 4) is 0 Å². The van der Waals surface area contributed by atoms with Crippen molar-refractivity contribution < 1.29 is 13.0 Å². The summed E-state index contributed by atoms with van der Waals surface area (Å²) in [6.07, 6.45) is 6.69. The van der Waals surface area contributed by atoms with Gasteiger partial charge >= 0.3 is 0 Å². The van der Waals surface area contributed by atoms with Crippen molar-refractivity contribution in [1.82, 2.24) is 4.90 Å². The van der Waals surface area contributed by atoms with Crippen molar-refractivity contribution in [2.24, 2.45) is 0 Å². The zero-order valence-electron chi connectivity index (χ0n) is 12.9. The van der Waals surface area contributed by atoms with Crippen LogP contribution in [-0.2, 0) is 16.7 Å². The van der Waals surface area contributed by atoms with Crippen molar-refractivity contribution in [2.75, 3.05) is 13.1 Å². The molecule has 1 aliphatic carbocycles. The molecule has 1 saturated carbocycles. The highest BCUT2D eigenvalue weighted by molar-refractivity contribution is 7.86. The Labute approximate surface area is 133 Å². The maximum Gasteiger partial charge on any atom is 0.269 e. The monoisotopic (exact) mass is 323 g/mol. The number of nitrogens with zero attached hydrogens (tertiary/aromatic N) is 1. The highest BCUT2D eigenvalue weighted by Gasteiger charge is 2.29. The summed E-state index contributed by atoms with van der Waals surface area (Å²) in [5, 5.41) is -0.626. The van der Waals surface area contributed by atoms with Gasteiger partial charge in [-0.05, 0) is 49.3 Å². The average molecular weight is 323 g/mol. The Bertz CT molecular complexity index is 591. The second kappa shape index (κ2) is 6.69. The fraction of sp³-hybridized carbons (Fsp3) is 0.647. The molecule has 0 bridgehead atoms. The topological polar surface area (TPSA) is 57.6 Å². The van der Waals surface area contributed by atoms with Gasteiger partial charge in [0.2, 0.25) is 0 Å². The molecule has 2 fully saturated rings. The summed E-state index contributed by atoms with van der Waals surface area (Å²) >= 11 is 0. The summed E-state index contributed by atoms with van der Waals surface area (Å²) < 4.78 is 31.8. The maximum absolute atomic E-state index is 11.3. The predicted octanol–water partition coefficient (Wildman–Crippen LogP) is 3.20. The van der Waals surface area contributed by atoms with Gasteiger partial charge in [-0.1, -0.05) is 37.1 Å². The Morgan fingerprint density at radius 2 is 1.73 bits per heavy atom. The molecular weight excluding hydrogens is 298 g/mol. The molecule has 3 rings (SSSR count). The van der Waals surface area contributed by atoms with Gasteiger partial charge in [-0.25, -0.2) is 0 Å². The lowest BCUT2D eigenvalue weighted by molar-refractivity contribution is 0.218. The van der Waals surface area contributed by atoms with Crippen LogP contribution in [0.2, 0.25) is 0 Å². The molecular formula is C17H25NO3S. The molecule has 4 nitrogen and oxygen atoms in total. The second-order valence-corrected chi connectivity index (χ2v) is 8.43. The van der Waals surface area contributed by atoms with Crippen LogP contribution in [0.4, 0.5) is 0 Å². The van der Waals surface area contributed by atoms with Crippen molar-refractivity contribution in [3.05, 3.63) is 35.4 Å². The van der Waals surface area contributed by atoms with Gasteiger partial charge in [0.05, 0.1) is 5.25 Å². The third-order valence-electron chi connectivity index (χ3n) is 5.10. The van der Waals surface area contributed by atoms with E-state index in [4.69, 9.17) is 0 Å². The van der Waals surface area contributed by atoms with Gasteiger partial charge in [0, 0.05) is 13.1 Å². The van der Waals surface area contributed by atoms with Crippen LogP contribution in [0.1, 0.15) is 55.6 Å². The predicted molar refractivity (Wildman–Crippen MR) is 87.5 cm³/mol. The van der Waals surface area contributed by atoms with E-state index in [0.29, 0.717) is 13.0 Å². The van der Waals surface area contributed by atoms with E-state index in [9.17, 15) is 13.0 Å². The van der Waals surface area contributed by atoms with Crippen LogP contribution in [0.15, 0.2) is 24.3 Å². The summed E-state index contributed by atoms with van der Waals surface area (Å²) in [6, 6.07) is 8.81. The van der Waals surface area contributed by atoms with Crippen molar-refractivity contribution >= 4 is 10.1 Å². The van der Waals surface area contributed by atoms with Crippen LogP contribution in [0.5, 0.6) is 0 Å². The minimum atomic E-state index is -3.91. The lowest BCUT2D eigenvalue weighted by Gasteiger charge is -2.31. The van der Waals surface area contributed by atoms with Crippen LogP contribution >= 0.6 is 0 Å². The first-order chi connectivity index (χ1) is 10.5. The van der Waals surface area contributed by atoms with Crippen molar-refractivity contribution in [1.29, 1.82) is 0 Å². The molecule has 0 aromatic heterocycles. The minimum absolute atomic E-state index is 0.434. The van der Waals surface area contributed by atoms with Crippen LogP contribution in [0, 0.1) is 0 Å². The fourth-order valence-electron chi connectivity index (χ4n) is 3.81. The highest BCUT2D eigenvalue weighted by atomic mass is 32.2. The molecule has 1 aliphatic heterocycles. The van der Waals surface area contributed by atoms with Crippen LogP contribution in [0.25, 0.3) is 0 Å². The van der Waals surface area contributed by atoms with E-state index >= 15 is 0 Å². The van der Waals surface area contributed by atoms with E-state index in [1.54, 1.807) is 0 Å². The average Bonchev–Trinajstić information content (AvgIpc) is 3.02. The summed E-state index contributed by atoms with van der Waals surface area (Å²) in [6.45, 7) is 2.09. The fourth-order valence-corrected chi connectivity index (χ4v) is 4.68. The van der Waals surface area contributed by atoms with Crippen molar-refractivity contribution in [3.63, 3.8) is 0 Å². The van der Waals surface area contributed by atoms with E-state index in [1.165, 1.54) is 36.8 Å². The molecule has 22 heavy (non-hydrogen) atoms. The largest absolute Gasteiger partial charge is 0.298 e. The Morgan fingerprint density at radius 1 is 1.05 bits per heavy atom. The minimum Gasteiger partial charge on any atom is -0.298 e. The maximum atomic E-state index is 11.3. The normalized spacial score (nSPS) is 24.7. The highest BCUT2D eigenvalue weighted by Crippen LogP contribution is 2.34. The lowest BCUT2D eigenvalue weighted by atomic mass is 9.96. The quantitative estimate of drug-likeness (QED) is 0.865. The van der Waals surface area contributed by atoms with Gasteiger partial charge in [-0.3, -0.25) is 9.45 Å². The summed E-state index contributed by atoms with van der Waals surface area (Å²) in [7, 11) is -3.91. The molecule has 5 heteroatoms. The van der Waals surface area contributed by atoms with Gasteiger partial charge < -0.3 is 0 Å². The Balaban J connectivity index is 1.60. The lowest BCUT2D eigenvalue weighted by Crippen LogP contribution is -2.41. The van der Waals surface area contributed by atoms with Gasteiger partial charge in [0.1, 0.15) is 0 Å². The number of hydrogen-bond donors (Lipinski definition) is 1. The van der Waals surface area contributed by atoms with Crippen LogP contribution in [0.3, 0.4) is 0 Å². The Hall–Kier alpha value is -0.910. The summed E-state index contributed by atoms with van der Waals surface area (Å²) in [5.41, 5.74) is 2.66. The van der Waals surface area contributed by atoms with Crippen LogP contribution in [-0.4, -0.2) is 36.2 Å². The van der Waals surface area contributed by atoms with Gasteiger partial charge in [-0.2, -0.15) is 8.42 Å². The van der Waals surface area contributed by atoms with Crippen LogP contribution < -0.4 is 0 Å². The number of benzene rings is 1. The van der Waals surface area contributed by atoms with E-state index < -0.39 is 15.4 Å². The molecule has 1 aromatic carbocycles. The van der Waals surface area contributed by atoms with E-state index in [-0.39, 0.29) is 0 Å². The Morgan fingerprint density at radius 3 is 2.36 bits per heavy atom. The first-order valence-electron chi connectivity index (χ1n) is 8.30. The van der Waals surface area contributed by atoms with Gasteiger partial charge in [-0.15, -0.1) is 0 Å². The third kappa shape index (κ3) is 3.89. The standard InChI is InChI=1S/C17H25NO3S/c19-22(20,21)17-6-3-11-18(13-17)12-14-7-9-16(10-8-14)15-4-1-2-5-15/h7-10,15,17H,1-6,11-13H2,(H,19,20,21). The molecule has 1 atom stereocenters. The second-order valence-electron chi connectivity index (χ2n) is 6.74. The molecule has 0 spiro atoms. The number of rotatable bonds is 4. The van der Waals surface area contributed by atoms with Gasteiger partial charge in [0.15, 0.2) is 0 Å². The molecule has 1 unspecified atom stereocenters.